The van der Waals surface area contributed by atoms with Gasteiger partial charge in [0.2, 0.25) is 0 Å². The van der Waals surface area contributed by atoms with Crippen molar-refractivity contribution in [3.8, 4) is 0 Å². The maximum Gasteiger partial charge on any atom is 0.153 e. The molecule has 0 spiro atoms. The molecule has 0 atom stereocenters. The number of aromatic amines is 1. The van der Waals surface area contributed by atoms with Gasteiger partial charge in [-0.1, -0.05) is 30.3 Å². The van der Waals surface area contributed by atoms with Gasteiger partial charge in [-0.25, -0.2) is 4.98 Å². The summed E-state index contributed by atoms with van der Waals surface area (Å²) in [4.78, 5) is 4.67. The van der Waals surface area contributed by atoms with Crippen molar-refractivity contribution in [2.75, 3.05) is 7.11 Å². The number of nitrogens with zero attached hydrogens (tertiary/aromatic N) is 2. The molecule has 1 fully saturated rings. The Morgan fingerprint density at radius 2 is 1.90 bits per heavy atom. The van der Waals surface area contributed by atoms with Gasteiger partial charge in [-0.2, -0.15) is 5.10 Å². The van der Waals surface area contributed by atoms with Crippen LogP contribution in [0.2, 0.25) is 0 Å². The first kappa shape index (κ1) is 13.3. The SMILES string of the molecule is COC1CCC(c2n[nH]c(Cc3ccccc3)n2)CC1. The van der Waals surface area contributed by atoms with Crippen LogP contribution in [0.15, 0.2) is 30.3 Å². The van der Waals surface area contributed by atoms with E-state index in [4.69, 9.17) is 4.74 Å². The van der Waals surface area contributed by atoms with E-state index in [0.717, 1.165) is 43.8 Å². The number of methoxy groups -OCH3 is 1. The second-order valence-electron chi connectivity index (χ2n) is 5.51. The van der Waals surface area contributed by atoms with Crippen LogP contribution in [0.1, 0.15) is 48.8 Å². The van der Waals surface area contributed by atoms with Crippen LogP contribution in [0.4, 0.5) is 0 Å². The van der Waals surface area contributed by atoms with E-state index in [-0.39, 0.29) is 0 Å². The van der Waals surface area contributed by atoms with Gasteiger partial charge in [0.05, 0.1) is 6.10 Å². The van der Waals surface area contributed by atoms with Gasteiger partial charge in [-0.05, 0) is 31.2 Å². The molecule has 0 saturated heterocycles. The summed E-state index contributed by atoms with van der Waals surface area (Å²) >= 11 is 0. The molecule has 0 radical (unpaired) electrons. The van der Waals surface area contributed by atoms with Crippen molar-refractivity contribution in [1.29, 1.82) is 0 Å². The lowest BCUT2D eigenvalue weighted by Gasteiger charge is -2.25. The summed E-state index contributed by atoms with van der Waals surface area (Å²) in [6, 6.07) is 10.4. The highest BCUT2D eigenvalue weighted by Gasteiger charge is 2.24. The van der Waals surface area contributed by atoms with Crippen LogP contribution < -0.4 is 0 Å². The highest BCUT2D eigenvalue weighted by atomic mass is 16.5. The predicted octanol–water partition coefficient (Wildman–Crippen LogP) is 3.07. The Bertz CT molecular complexity index is 530. The fraction of sp³-hybridized carbons (Fsp3) is 0.500. The van der Waals surface area contributed by atoms with Crippen molar-refractivity contribution in [2.24, 2.45) is 0 Å². The largest absolute Gasteiger partial charge is 0.381 e. The number of hydrogen-bond donors (Lipinski definition) is 1. The average molecular weight is 271 g/mol. The van der Waals surface area contributed by atoms with E-state index in [1.165, 1.54) is 5.56 Å². The summed E-state index contributed by atoms with van der Waals surface area (Å²) in [5, 5.41) is 7.49. The Hall–Kier alpha value is -1.68. The van der Waals surface area contributed by atoms with E-state index in [1.54, 1.807) is 7.11 Å². The highest BCUT2D eigenvalue weighted by molar-refractivity contribution is 5.18. The van der Waals surface area contributed by atoms with Crippen LogP contribution in [0.25, 0.3) is 0 Å². The minimum absolute atomic E-state index is 0.425. The first-order valence-corrected chi connectivity index (χ1v) is 7.33. The monoisotopic (exact) mass is 271 g/mol. The van der Waals surface area contributed by atoms with Gasteiger partial charge in [-0.15, -0.1) is 0 Å². The zero-order chi connectivity index (χ0) is 13.8. The Morgan fingerprint density at radius 1 is 1.15 bits per heavy atom. The maximum atomic E-state index is 5.41. The molecule has 1 heterocycles. The van der Waals surface area contributed by atoms with Gasteiger partial charge < -0.3 is 4.74 Å². The topological polar surface area (TPSA) is 50.8 Å². The van der Waals surface area contributed by atoms with Crippen molar-refractivity contribution in [1.82, 2.24) is 15.2 Å². The third kappa shape index (κ3) is 3.07. The zero-order valence-electron chi connectivity index (χ0n) is 11.9. The third-order valence-electron chi connectivity index (χ3n) is 4.14. The van der Waals surface area contributed by atoms with Crippen LogP contribution in [0.5, 0.6) is 0 Å². The molecule has 20 heavy (non-hydrogen) atoms. The van der Waals surface area contributed by atoms with Crippen molar-refractivity contribution < 1.29 is 4.74 Å². The first-order chi connectivity index (χ1) is 9.85. The van der Waals surface area contributed by atoms with Crippen molar-refractivity contribution in [3.63, 3.8) is 0 Å². The normalized spacial score (nSPS) is 22.9. The number of nitrogens with one attached hydrogen (secondary N) is 1. The molecule has 1 aliphatic carbocycles. The Labute approximate surface area is 119 Å². The molecule has 1 aromatic carbocycles. The molecule has 1 N–H and O–H groups in total. The fourth-order valence-corrected chi connectivity index (χ4v) is 2.92. The molecule has 0 aliphatic heterocycles. The molecule has 4 nitrogen and oxygen atoms in total. The highest BCUT2D eigenvalue weighted by Crippen LogP contribution is 2.32. The summed E-state index contributed by atoms with van der Waals surface area (Å²) in [5.41, 5.74) is 1.26. The second kappa shape index (κ2) is 6.18. The van der Waals surface area contributed by atoms with Crippen molar-refractivity contribution in [2.45, 2.75) is 44.1 Å². The van der Waals surface area contributed by atoms with Gasteiger partial charge in [-0.3, -0.25) is 5.10 Å². The van der Waals surface area contributed by atoms with E-state index in [9.17, 15) is 0 Å². The summed E-state index contributed by atoms with van der Waals surface area (Å²) < 4.78 is 5.41. The number of benzene rings is 1. The minimum Gasteiger partial charge on any atom is -0.381 e. The molecule has 1 saturated carbocycles. The minimum atomic E-state index is 0.425. The molecular weight excluding hydrogens is 250 g/mol. The first-order valence-electron chi connectivity index (χ1n) is 7.33. The van der Waals surface area contributed by atoms with Crippen LogP contribution in [0.3, 0.4) is 0 Å². The smallest absolute Gasteiger partial charge is 0.153 e. The van der Waals surface area contributed by atoms with E-state index in [1.807, 2.05) is 6.07 Å². The molecule has 0 amide bonds. The lowest BCUT2D eigenvalue weighted by molar-refractivity contribution is 0.0651. The Kier molecular flexibility index (Phi) is 4.11. The molecule has 3 rings (SSSR count). The second-order valence-corrected chi connectivity index (χ2v) is 5.51. The summed E-state index contributed by atoms with van der Waals surface area (Å²) in [7, 11) is 1.80. The lowest BCUT2D eigenvalue weighted by atomic mass is 9.87. The van der Waals surface area contributed by atoms with Crippen LogP contribution in [0, 0.1) is 0 Å². The molecule has 2 aromatic rings. The quantitative estimate of drug-likeness (QED) is 0.929. The molecule has 0 bridgehead atoms. The van der Waals surface area contributed by atoms with Crippen LogP contribution in [-0.4, -0.2) is 28.4 Å². The molecular formula is C16H21N3O. The van der Waals surface area contributed by atoms with E-state index >= 15 is 0 Å². The van der Waals surface area contributed by atoms with Crippen molar-refractivity contribution in [3.05, 3.63) is 47.5 Å². The van der Waals surface area contributed by atoms with Gasteiger partial charge in [0.1, 0.15) is 5.82 Å². The third-order valence-corrected chi connectivity index (χ3v) is 4.14. The van der Waals surface area contributed by atoms with Crippen molar-refractivity contribution >= 4 is 0 Å². The number of aromatic nitrogens is 3. The van der Waals surface area contributed by atoms with E-state index in [2.05, 4.69) is 39.4 Å². The van der Waals surface area contributed by atoms with Gasteiger partial charge >= 0.3 is 0 Å². The average Bonchev–Trinajstić information content (AvgIpc) is 2.97. The lowest BCUT2D eigenvalue weighted by Crippen LogP contribution is -2.19. The molecule has 106 valence electrons. The van der Waals surface area contributed by atoms with Crippen LogP contribution >= 0.6 is 0 Å². The summed E-state index contributed by atoms with van der Waals surface area (Å²) in [6.45, 7) is 0. The van der Waals surface area contributed by atoms with E-state index in [0.29, 0.717) is 12.0 Å². The number of H-pyrrole nitrogens is 1. The fourth-order valence-electron chi connectivity index (χ4n) is 2.92. The number of rotatable bonds is 4. The zero-order valence-corrected chi connectivity index (χ0v) is 11.9. The molecule has 4 heteroatoms. The number of ether oxygens (including phenoxy) is 1. The van der Waals surface area contributed by atoms with E-state index < -0.39 is 0 Å². The Morgan fingerprint density at radius 3 is 2.60 bits per heavy atom. The van der Waals surface area contributed by atoms with Gasteiger partial charge in [0.15, 0.2) is 5.82 Å². The van der Waals surface area contributed by atoms with Gasteiger partial charge in [0, 0.05) is 19.4 Å². The molecule has 0 unspecified atom stereocenters. The maximum absolute atomic E-state index is 5.41. The van der Waals surface area contributed by atoms with Gasteiger partial charge in [0.25, 0.3) is 0 Å². The standard InChI is InChI=1S/C16H21N3O/c1-20-14-9-7-13(8-10-14)16-17-15(18-19-16)11-12-5-3-2-4-6-12/h2-6,13-14H,7-11H2,1H3,(H,17,18,19). The predicted molar refractivity (Wildman–Crippen MR) is 77.6 cm³/mol. The molecule has 1 aliphatic rings. The molecule has 1 aromatic heterocycles. The summed E-state index contributed by atoms with van der Waals surface area (Å²) in [6.07, 6.45) is 5.73. The summed E-state index contributed by atoms with van der Waals surface area (Å²) in [5.74, 6) is 2.42. The van der Waals surface area contributed by atoms with Crippen LogP contribution in [-0.2, 0) is 11.2 Å². The Balaban J connectivity index is 1.62. The number of hydrogen-bond acceptors (Lipinski definition) is 3.